The van der Waals surface area contributed by atoms with Crippen molar-refractivity contribution < 1.29 is 73.3 Å². The molecule has 0 spiro atoms. The van der Waals surface area contributed by atoms with E-state index in [0.29, 0.717) is 36.7 Å². The van der Waals surface area contributed by atoms with Gasteiger partial charge in [-0.3, -0.25) is 34.3 Å². The number of piperidine rings is 1. The third-order valence-electron chi connectivity index (χ3n) is 13.3. The summed E-state index contributed by atoms with van der Waals surface area (Å²) in [4.78, 5) is 97.7. The Balaban J connectivity index is 1.01. The number of carbonyl (C=O) groups is 7. The van der Waals surface area contributed by atoms with Crippen molar-refractivity contribution >= 4 is 93.4 Å². The number of rotatable bonds is 25. The summed E-state index contributed by atoms with van der Waals surface area (Å²) in [6.45, 7) is 4.81. The van der Waals surface area contributed by atoms with Crippen LogP contribution in [0.1, 0.15) is 93.1 Å². The number of thioether (sulfide) groups is 1. The largest absolute Gasteiger partial charge is 0.479 e. The van der Waals surface area contributed by atoms with Gasteiger partial charge in [-0.1, -0.05) is 67.0 Å². The fourth-order valence-corrected chi connectivity index (χ4v) is 12.1. The molecule has 3 saturated heterocycles. The highest BCUT2D eigenvalue weighted by Gasteiger charge is 2.49. The van der Waals surface area contributed by atoms with E-state index >= 15 is 0 Å². The quantitative estimate of drug-likeness (QED) is 0.0252. The molecule has 9 atom stereocenters. The standard InChI is InChI=1S/C53H69IN8O15S/c1-3-19-53(2,54)78-39-27-42(65)62(49(39)71)37(28-55)47(69)58-22-16-41(64)60-36-25-33(12-14-38(36)76-51-45(68)43(66)44(67)46(77-51)50(72)73)30-75-52(74)59-35-11-6-10-34(26-35)48(70)61-23-17-31(18-24-61)8-4-5-21-57-40(63)15-13-32-9-7-20-56-29-32/h6-7,9-15,20,25-26,29,31,37,39,42-46,51,65-68H,3-5,8,16-19,21-24,27-28,30,55H2,1-2H3,(H,57,63)(H,58,69)(H,59,74)(H,60,64)(H,72,73)/b15-13+/t37?,39?,42?,43-,44?,45-,46?,51?,53?/m0/s1. The molecule has 424 valence electrons. The third-order valence-corrected chi connectivity index (χ3v) is 16.0. The van der Waals surface area contributed by atoms with Crippen molar-refractivity contribution in [1.29, 1.82) is 0 Å². The number of carbonyl (C=O) groups excluding carboxylic acids is 6. The van der Waals surface area contributed by atoms with Gasteiger partial charge < -0.3 is 71.2 Å². The number of aliphatic hydroxyl groups excluding tert-OH is 4. The van der Waals surface area contributed by atoms with Crippen molar-refractivity contribution in [2.45, 2.75) is 129 Å². The SMILES string of the molecule is CCCC(C)(I)SC1CC(O)N(C(CN)C(=O)NCCC(=O)Nc2cc(COC(=O)Nc3cccc(C(=O)N4CCC(CCCCNC(=O)/C=C/c5cccnc5)CC4)c3)ccc2OC2OC(C(=O)O)C(O)[C@H](O)[C@@H]2O)C1=O. The number of unbranched alkanes of at least 4 members (excludes halogenated alkanes) is 1. The Morgan fingerprint density at radius 2 is 1.74 bits per heavy atom. The van der Waals surface area contributed by atoms with Crippen LogP contribution in [0, 0.1) is 5.92 Å². The fourth-order valence-electron chi connectivity index (χ4n) is 9.21. The summed E-state index contributed by atoms with van der Waals surface area (Å²) in [5, 5.41) is 61.8. The normalized spacial score (nSPS) is 22.8. The van der Waals surface area contributed by atoms with Gasteiger partial charge in [-0.15, -0.1) is 11.8 Å². The van der Waals surface area contributed by atoms with Crippen LogP contribution in [-0.2, 0) is 40.1 Å². The number of hydrogen-bond acceptors (Lipinski definition) is 17. The van der Waals surface area contributed by atoms with E-state index in [1.165, 1.54) is 36.0 Å². The van der Waals surface area contributed by atoms with Gasteiger partial charge in [0.25, 0.3) is 5.91 Å². The first-order chi connectivity index (χ1) is 37.3. The zero-order chi connectivity index (χ0) is 56.5. The molecule has 0 saturated carbocycles. The van der Waals surface area contributed by atoms with Crippen LogP contribution >= 0.6 is 34.4 Å². The number of aliphatic hydroxyl groups is 4. The van der Waals surface area contributed by atoms with Crippen LogP contribution in [0.25, 0.3) is 6.08 Å². The Labute approximate surface area is 469 Å². The number of nitrogens with one attached hydrogen (secondary N) is 4. The number of alkyl halides is 1. The second-order valence-electron chi connectivity index (χ2n) is 19.4. The summed E-state index contributed by atoms with van der Waals surface area (Å²) in [6, 6.07) is 12.9. The number of aromatic nitrogens is 1. The van der Waals surface area contributed by atoms with Gasteiger partial charge in [-0.05, 0) is 92.1 Å². The molecule has 3 aromatic rings. The second kappa shape index (κ2) is 29.3. The molecule has 7 unspecified atom stereocenters. The maximum atomic E-state index is 13.6. The molecule has 6 amide bonds. The van der Waals surface area contributed by atoms with Crippen molar-refractivity contribution in [1.82, 2.24) is 25.4 Å². The van der Waals surface area contributed by atoms with Gasteiger partial charge in [0.1, 0.15) is 42.9 Å². The number of hydrogen-bond donors (Lipinski definition) is 10. The van der Waals surface area contributed by atoms with E-state index in [0.717, 1.165) is 55.4 Å². The number of ether oxygens (including phenoxy) is 3. The van der Waals surface area contributed by atoms with Gasteiger partial charge in [0.15, 0.2) is 6.10 Å². The molecule has 3 aliphatic heterocycles. The van der Waals surface area contributed by atoms with Crippen LogP contribution in [-0.4, -0.2) is 166 Å². The lowest BCUT2D eigenvalue weighted by atomic mass is 9.91. The first kappa shape index (κ1) is 61.3. The van der Waals surface area contributed by atoms with Crippen LogP contribution in [0.4, 0.5) is 16.2 Å². The topological polar surface area (TPSA) is 342 Å². The van der Waals surface area contributed by atoms with Crippen LogP contribution < -0.4 is 31.7 Å². The van der Waals surface area contributed by atoms with Crippen LogP contribution in [0.3, 0.4) is 0 Å². The Hall–Kier alpha value is -5.94. The number of carboxylic acid groups (broad SMARTS) is 1. The Morgan fingerprint density at radius 3 is 2.45 bits per heavy atom. The van der Waals surface area contributed by atoms with E-state index in [9.17, 15) is 59.1 Å². The average molecular weight is 1220 g/mol. The zero-order valence-corrected chi connectivity index (χ0v) is 46.3. The van der Waals surface area contributed by atoms with E-state index < -0.39 is 78.0 Å². The van der Waals surface area contributed by atoms with Gasteiger partial charge in [0.2, 0.25) is 29.9 Å². The van der Waals surface area contributed by atoms with Gasteiger partial charge in [0, 0.05) is 75.3 Å². The van der Waals surface area contributed by atoms with Crippen LogP contribution in [0.15, 0.2) is 73.1 Å². The van der Waals surface area contributed by atoms with E-state index in [1.54, 1.807) is 53.7 Å². The lowest BCUT2D eigenvalue weighted by Gasteiger charge is -2.38. The summed E-state index contributed by atoms with van der Waals surface area (Å²) in [5.41, 5.74) is 7.63. The number of amides is 6. The Morgan fingerprint density at radius 1 is 0.974 bits per heavy atom. The monoisotopic (exact) mass is 1220 g/mol. The fraction of sp³-hybridized carbons (Fsp3) is 0.509. The highest BCUT2D eigenvalue weighted by Crippen LogP contribution is 2.44. The van der Waals surface area contributed by atoms with E-state index in [4.69, 9.17) is 19.9 Å². The Kier molecular flexibility index (Phi) is 23.0. The molecule has 78 heavy (non-hydrogen) atoms. The molecular formula is C53H69IN8O15S. The molecule has 3 aliphatic rings. The zero-order valence-electron chi connectivity index (χ0n) is 43.3. The maximum Gasteiger partial charge on any atom is 0.411 e. The minimum Gasteiger partial charge on any atom is -0.479 e. The van der Waals surface area contributed by atoms with E-state index in [1.807, 2.05) is 19.9 Å². The molecule has 1 aromatic heterocycles. The van der Waals surface area contributed by atoms with Gasteiger partial charge >= 0.3 is 12.1 Å². The molecule has 3 fully saturated rings. The summed E-state index contributed by atoms with van der Waals surface area (Å²) in [6.07, 6.45) is 0.528. The van der Waals surface area contributed by atoms with Crippen molar-refractivity contribution in [3.05, 3.63) is 89.8 Å². The lowest BCUT2D eigenvalue weighted by molar-refractivity contribution is -0.271. The maximum absolute atomic E-state index is 13.6. The second-order valence-corrected chi connectivity index (χ2v) is 24.2. The molecule has 25 heteroatoms. The number of nitrogens with two attached hydrogens (primary N) is 1. The predicted octanol–water partition coefficient (Wildman–Crippen LogP) is 3.33. The molecule has 4 heterocycles. The average Bonchev–Trinajstić information content (AvgIpc) is 3.70. The molecule has 0 radical (unpaired) electrons. The van der Waals surface area contributed by atoms with E-state index in [2.05, 4.69) is 48.8 Å². The number of pyridine rings is 1. The molecule has 11 N–H and O–H groups in total. The Bertz CT molecular complexity index is 2590. The molecule has 0 bridgehead atoms. The van der Waals surface area contributed by atoms with Crippen LogP contribution in [0.5, 0.6) is 5.75 Å². The highest BCUT2D eigenvalue weighted by atomic mass is 127. The van der Waals surface area contributed by atoms with Gasteiger partial charge in [-0.2, -0.15) is 0 Å². The number of anilines is 2. The van der Waals surface area contributed by atoms with Crippen molar-refractivity contribution in [2.24, 2.45) is 11.7 Å². The number of likely N-dealkylation sites (tertiary alicyclic amines) is 2. The minimum atomic E-state index is -2.00. The molecule has 0 aliphatic carbocycles. The van der Waals surface area contributed by atoms with Crippen molar-refractivity contribution in [2.75, 3.05) is 43.4 Å². The summed E-state index contributed by atoms with van der Waals surface area (Å²) in [7, 11) is 0. The lowest BCUT2D eigenvalue weighted by Crippen LogP contribution is -2.61. The first-order valence-electron chi connectivity index (χ1n) is 25.8. The number of nitrogens with zero attached hydrogens (tertiary/aromatic N) is 3. The number of halogens is 1. The number of aliphatic carboxylic acids is 1. The molecular weight excluding hydrogens is 1150 g/mol. The van der Waals surface area contributed by atoms with Gasteiger partial charge in [0.05, 0.1) is 13.7 Å². The highest BCUT2D eigenvalue weighted by molar-refractivity contribution is 14.1. The van der Waals surface area contributed by atoms with Crippen molar-refractivity contribution in [3.63, 3.8) is 0 Å². The summed E-state index contributed by atoms with van der Waals surface area (Å²) in [5.74, 6) is -3.57. The smallest absolute Gasteiger partial charge is 0.411 e. The van der Waals surface area contributed by atoms with Gasteiger partial charge in [-0.25, -0.2) is 9.59 Å². The first-order valence-corrected chi connectivity index (χ1v) is 27.8. The third kappa shape index (κ3) is 17.5. The summed E-state index contributed by atoms with van der Waals surface area (Å²) >= 11 is 3.69. The molecule has 23 nitrogen and oxygen atoms in total. The number of carboxylic acids is 1. The molecule has 6 rings (SSSR count). The minimum absolute atomic E-state index is 0.0992. The van der Waals surface area contributed by atoms with Crippen LogP contribution in [0.2, 0.25) is 0 Å². The molecule has 2 aromatic carbocycles. The van der Waals surface area contributed by atoms with Crippen molar-refractivity contribution in [3.8, 4) is 5.75 Å². The van der Waals surface area contributed by atoms with E-state index in [-0.39, 0.29) is 64.2 Å². The predicted molar refractivity (Wildman–Crippen MR) is 296 cm³/mol. The number of benzene rings is 2. The summed E-state index contributed by atoms with van der Waals surface area (Å²) < 4.78 is 16.3.